The molecule has 0 radical (unpaired) electrons. The lowest BCUT2D eigenvalue weighted by Crippen LogP contribution is -2.32. The number of rotatable bonds is 6. The third kappa shape index (κ3) is 3.96. The fraction of sp³-hybridized carbons (Fsp3) is 0.471. The van der Waals surface area contributed by atoms with E-state index in [0.717, 1.165) is 62.6 Å². The number of unbranched alkanes of at least 4 members (excludes halogenated alkanes) is 1. The molecule has 0 amide bonds. The molecule has 0 aliphatic carbocycles. The number of anilines is 2. The van der Waals surface area contributed by atoms with Crippen LogP contribution in [0.5, 0.6) is 0 Å². The van der Waals surface area contributed by atoms with Crippen molar-refractivity contribution in [3.63, 3.8) is 0 Å². The van der Waals surface area contributed by atoms with Crippen LogP contribution in [0.1, 0.15) is 36.7 Å². The molecular weight excluding hydrogens is 288 g/mol. The highest BCUT2D eigenvalue weighted by Crippen LogP contribution is 2.25. The summed E-state index contributed by atoms with van der Waals surface area (Å²) in [5.41, 5.74) is 9.21. The maximum atomic E-state index is 5.86. The van der Waals surface area contributed by atoms with Gasteiger partial charge in [0.05, 0.1) is 11.4 Å². The fourth-order valence-electron chi connectivity index (χ4n) is 2.87. The molecule has 2 aromatic heterocycles. The Balaban J connectivity index is 1.75. The van der Waals surface area contributed by atoms with Crippen molar-refractivity contribution in [2.45, 2.75) is 39.3 Å². The van der Waals surface area contributed by atoms with Gasteiger partial charge in [-0.3, -0.25) is 9.88 Å². The third-order valence-corrected chi connectivity index (χ3v) is 4.09. The van der Waals surface area contributed by atoms with Crippen molar-refractivity contribution in [3.8, 4) is 0 Å². The number of nitrogens with one attached hydrogen (secondary N) is 1. The van der Waals surface area contributed by atoms with Gasteiger partial charge in [-0.15, -0.1) is 0 Å². The van der Waals surface area contributed by atoms with Gasteiger partial charge in [0, 0.05) is 44.4 Å². The van der Waals surface area contributed by atoms with Gasteiger partial charge < -0.3 is 11.1 Å². The second kappa shape index (κ2) is 7.37. The third-order valence-electron chi connectivity index (χ3n) is 4.09. The number of hydrogen-bond donors (Lipinski definition) is 2. The van der Waals surface area contributed by atoms with Gasteiger partial charge >= 0.3 is 0 Å². The zero-order valence-electron chi connectivity index (χ0n) is 13.6. The van der Waals surface area contributed by atoms with Gasteiger partial charge in [-0.2, -0.15) is 4.98 Å². The van der Waals surface area contributed by atoms with Gasteiger partial charge in [0.15, 0.2) is 0 Å². The van der Waals surface area contributed by atoms with E-state index in [-0.39, 0.29) is 0 Å². The number of aromatic nitrogens is 3. The fourth-order valence-corrected chi connectivity index (χ4v) is 2.87. The Kier molecular flexibility index (Phi) is 5.02. The maximum absolute atomic E-state index is 5.86. The van der Waals surface area contributed by atoms with Gasteiger partial charge in [-0.1, -0.05) is 19.4 Å². The number of hydrogen-bond acceptors (Lipinski definition) is 6. The Hall–Kier alpha value is -2.21. The van der Waals surface area contributed by atoms with Crippen molar-refractivity contribution in [3.05, 3.63) is 41.3 Å². The van der Waals surface area contributed by atoms with Crippen LogP contribution in [0.15, 0.2) is 24.4 Å². The zero-order chi connectivity index (χ0) is 16.1. The van der Waals surface area contributed by atoms with Crippen LogP contribution in [0.3, 0.4) is 0 Å². The Morgan fingerprint density at radius 2 is 2.22 bits per heavy atom. The Labute approximate surface area is 137 Å². The van der Waals surface area contributed by atoms with Crippen LogP contribution < -0.4 is 11.1 Å². The Bertz CT molecular complexity index is 643. The van der Waals surface area contributed by atoms with Crippen LogP contribution in [0.4, 0.5) is 11.8 Å². The van der Waals surface area contributed by atoms with Crippen LogP contribution in [-0.4, -0.2) is 32.9 Å². The minimum atomic E-state index is 0.362. The van der Waals surface area contributed by atoms with E-state index in [4.69, 9.17) is 5.73 Å². The molecule has 3 heterocycles. The molecule has 1 aliphatic heterocycles. The minimum absolute atomic E-state index is 0.362. The lowest BCUT2D eigenvalue weighted by Gasteiger charge is -2.29. The molecule has 0 unspecified atom stereocenters. The maximum Gasteiger partial charge on any atom is 0.222 e. The quantitative estimate of drug-likeness (QED) is 0.796. The standard InChI is InChI=1S/C17H24N6/c1-2-3-8-20-16-14-12-23(11-13-6-4-5-9-19-13)10-7-15(14)21-17(18)22-16/h4-6,9H,2-3,7-8,10-12H2,1H3,(H3,18,20,21,22). The smallest absolute Gasteiger partial charge is 0.222 e. The van der Waals surface area contributed by atoms with E-state index in [9.17, 15) is 0 Å². The minimum Gasteiger partial charge on any atom is -0.370 e. The molecular formula is C17H24N6. The Morgan fingerprint density at radius 1 is 1.30 bits per heavy atom. The number of fused-ring (bicyclic) bond motifs is 1. The molecule has 0 aromatic carbocycles. The predicted molar refractivity (Wildman–Crippen MR) is 91.9 cm³/mol. The van der Waals surface area contributed by atoms with Crippen molar-refractivity contribution >= 4 is 11.8 Å². The van der Waals surface area contributed by atoms with E-state index in [0.29, 0.717) is 5.95 Å². The average Bonchev–Trinajstić information content (AvgIpc) is 2.56. The van der Waals surface area contributed by atoms with Crippen molar-refractivity contribution in [1.29, 1.82) is 0 Å². The number of nitrogens with two attached hydrogens (primary N) is 1. The molecule has 122 valence electrons. The van der Waals surface area contributed by atoms with Crippen LogP contribution in [0.25, 0.3) is 0 Å². The molecule has 1 aliphatic rings. The van der Waals surface area contributed by atoms with E-state index in [1.54, 1.807) is 0 Å². The molecule has 0 saturated heterocycles. The van der Waals surface area contributed by atoms with Crippen molar-refractivity contribution in [2.24, 2.45) is 0 Å². The molecule has 0 fully saturated rings. The SMILES string of the molecule is CCCCNc1nc(N)nc2c1CN(Cc1ccccn1)CC2. The predicted octanol–water partition coefficient (Wildman–Crippen LogP) is 2.22. The van der Waals surface area contributed by atoms with Crippen LogP contribution in [0.2, 0.25) is 0 Å². The number of nitrogens with zero attached hydrogens (tertiary/aromatic N) is 4. The second-order valence-electron chi connectivity index (χ2n) is 5.92. The summed E-state index contributed by atoms with van der Waals surface area (Å²) in [6.45, 7) is 5.74. The first-order valence-electron chi connectivity index (χ1n) is 8.27. The van der Waals surface area contributed by atoms with E-state index in [1.165, 1.54) is 5.56 Å². The summed E-state index contributed by atoms with van der Waals surface area (Å²) < 4.78 is 0. The highest BCUT2D eigenvalue weighted by Gasteiger charge is 2.22. The van der Waals surface area contributed by atoms with Gasteiger partial charge in [0.2, 0.25) is 5.95 Å². The van der Waals surface area contributed by atoms with Crippen LogP contribution >= 0.6 is 0 Å². The number of pyridine rings is 1. The first-order chi connectivity index (χ1) is 11.3. The summed E-state index contributed by atoms with van der Waals surface area (Å²) in [6.07, 6.45) is 5.02. The molecule has 0 atom stereocenters. The molecule has 6 nitrogen and oxygen atoms in total. The zero-order valence-corrected chi connectivity index (χ0v) is 13.6. The first kappa shape index (κ1) is 15.7. The van der Waals surface area contributed by atoms with Gasteiger partial charge in [-0.05, 0) is 18.6 Å². The summed E-state index contributed by atoms with van der Waals surface area (Å²) in [4.78, 5) is 15.6. The van der Waals surface area contributed by atoms with Crippen molar-refractivity contribution in [1.82, 2.24) is 19.9 Å². The monoisotopic (exact) mass is 312 g/mol. The van der Waals surface area contributed by atoms with Crippen molar-refractivity contribution < 1.29 is 0 Å². The second-order valence-corrected chi connectivity index (χ2v) is 5.92. The first-order valence-corrected chi connectivity index (χ1v) is 8.27. The Morgan fingerprint density at radius 3 is 3.00 bits per heavy atom. The van der Waals surface area contributed by atoms with Gasteiger partial charge in [-0.25, -0.2) is 4.98 Å². The average molecular weight is 312 g/mol. The molecule has 2 aromatic rings. The van der Waals surface area contributed by atoms with E-state index in [2.05, 4.69) is 38.2 Å². The topological polar surface area (TPSA) is 80.0 Å². The highest BCUT2D eigenvalue weighted by atomic mass is 15.2. The summed E-state index contributed by atoms with van der Waals surface area (Å²) in [5.74, 6) is 1.26. The normalized spacial score (nSPS) is 14.5. The lowest BCUT2D eigenvalue weighted by molar-refractivity contribution is 0.241. The van der Waals surface area contributed by atoms with Gasteiger partial charge in [0.25, 0.3) is 0 Å². The van der Waals surface area contributed by atoms with E-state index in [1.807, 2.05) is 18.3 Å². The van der Waals surface area contributed by atoms with Gasteiger partial charge in [0.1, 0.15) is 5.82 Å². The largest absolute Gasteiger partial charge is 0.370 e. The molecule has 23 heavy (non-hydrogen) atoms. The summed E-state index contributed by atoms with van der Waals surface area (Å²) in [7, 11) is 0. The summed E-state index contributed by atoms with van der Waals surface area (Å²) in [5, 5.41) is 3.43. The van der Waals surface area contributed by atoms with Crippen LogP contribution in [-0.2, 0) is 19.5 Å². The van der Waals surface area contributed by atoms with Crippen molar-refractivity contribution in [2.75, 3.05) is 24.1 Å². The molecule has 6 heteroatoms. The number of nitrogen functional groups attached to an aromatic ring is 1. The highest BCUT2D eigenvalue weighted by molar-refractivity contribution is 5.50. The van der Waals surface area contributed by atoms with E-state index < -0.39 is 0 Å². The molecule has 0 spiro atoms. The lowest BCUT2D eigenvalue weighted by atomic mass is 10.1. The molecule has 3 rings (SSSR count). The molecule has 3 N–H and O–H groups in total. The molecule has 0 saturated carbocycles. The molecule has 0 bridgehead atoms. The summed E-state index contributed by atoms with van der Waals surface area (Å²) in [6, 6.07) is 6.04. The summed E-state index contributed by atoms with van der Waals surface area (Å²) >= 11 is 0. The van der Waals surface area contributed by atoms with E-state index >= 15 is 0 Å². The van der Waals surface area contributed by atoms with Crippen LogP contribution in [0, 0.1) is 0 Å².